The fraction of sp³-hybridized carbons (Fsp3) is 0.333. The predicted molar refractivity (Wildman–Crippen MR) is 50.2 cm³/mol. The summed E-state index contributed by atoms with van der Waals surface area (Å²) in [5.41, 5.74) is 7.82. The molecule has 0 bridgehead atoms. The quantitative estimate of drug-likeness (QED) is 0.709. The molecule has 1 aliphatic rings. The molecule has 2 aromatic heterocycles. The lowest BCUT2D eigenvalue weighted by atomic mass is 10.4. The summed E-state index contributed by atoms with van der Waals surface area (Å²) in [4.78, 5) is 8.36. The molecule has 0 atom stereocenters. The first-order chi connectivity index (χ1) is 6.36. The van der Waals surface area contributed by atoms with E-state index in [-0.39, 0.29) is 0 Å². The second-order valence-electron chi connectivity index (χ2n) is 3.44. The van der Waals surface area contributed by atoms with Crippen molar-refractivity contribution in [1.82, 2.24) is 14.5 Å². The van der Waals surface area contributed by atoms with Gasteiger partial charge in [0.25, 0.3) is 0 Å². The van der Waals surface area contributed by atoms with Crippen LogP contribution >= 0.6 is 0 Å². The number of rotatable bonds is 1. The predicted octanol–water partition coefficient (Wildman–Crippen LogP) is 1.35. The average molecular weight is 174 g/mol. The van der Waals surface area contributed by atoms with Gasteiger partial charge >= 0.3 is 0 Å². The molecule has 0 spiro atoms. The Kier molecular flexibility index (Phi) is 1.17. The third-order valence-electron chi connectivity index (χ3n) is 2.43. The van der Waals surface area contributed by atoms with Crippen LogP contribution in [0, 0.1) is 0 Å². The minimum Gasteiger partial charge on any atom is -0.369 e. The van der Waals surface area contributed by atoms with Gasteiger partial charge < -0.3 is 10.3 Å². The Morgan fingerprint density at radius 3 is 3.08 bits per heavy atom. The highest BCUT2D eigenvalue weighted by Gasteiger charge is 2.27. The average Bonchev–Trinajstić information content (AvgIpc) is 2.88. The summed E-state index contributed by atoms with van der Waals surface area (Å²) in [6.45, 7) is 0. The molecule has 4 nitrogen and oxygen atoms in total. The normalized spacial score (nSPS) is 16.6. The number of nitrogens with zero attached hydrogens (tertiary/aromatic N) is 3. The summed E-state index contributed by atoms with van der Waals surface area (Å²) in [6, 6.07) is 2.46. The fourth-order valence-electron chi connectivity index (χ4n) is 1.68. The molecular weight excluding hydrogens is 164 g/mol. The van der Waals surface area contributed by atoms with Crippen molar-refractivity contribution >= 4 is 17.0 Å². The highest BCUT2D eigenvalue weighted by atomic mass is 15.2. The molecular formula is C9H10N4. The minimum absolute atomic E-state index is 0.564. The van der Waals surface area contributed by atoms with E-state index in [9.17, 15) is 0 Å². The lowest BCUT2D eigenvalue weighted by Gasteiger charge is -2.01. The van der Waals surface area contributed by atoms with Crippen LogP contribution in [0.2, 0.25) is 0 Å². The first-order valence-electron chi connectivity index (χ1n) is 4.43. The van der Waals surface area contributed by atoms with Gasteiger partial charge in [0.15, 0.2) is 0 Å². The number of imidazole rings is 1. The molecule has 1 saturated carbocycles. The molecule has 13 heavy (non-hydrogen) atoms. The topological polar surface area (TPSA) is 56.7 Å². The van der Waals surface area contributed by atoms with Crippen LogP contribution in [-0.4, -0.2) is 14.5 Å². The van der Waals surface area contributed by atoms with Crippen molar-refractivity contribution in [2.24, 2.45) is 0 Å². The Balaban J connectivity index is 2.35. The number of fused-ring (bicyclic) bond motifs is 1. The minimum atomic E-state index is 0.564. The van der Waals surface area contributed by atoms with E-state index in [2.05, 4.69) is 14.5 Å². The number of nitrogen functional groups attached to an aromatic ring is 1. The molecule has 0 unspecified atom stereocenters. The Morgan fingerprint density at radius 1 is 1.46 bits per heavy atom. The van der Waals surface area contributed by atoms with E-state index < -0.39 is 0 Å². The standard InChI is InChI=1S/C9H10N4/c10-9-12-7-3-4-11-5-8(7)13(9)6-1-2-6/h3-6H,1-2H2,(H2,10,12). The number of hydrogen-bond donors (Lipinski definition) is 1. The van der Waals surface area contributed by atoms with E-state index in [1.807, 2.05) is 12.3 Å². The molecule has 0 amide bonds. The first-order valence-corrected chi connectivity index (χ1v) is 4.43. The van der Waals surface area contributed by atoms with Crippen molar-refractivity contribution in [1.29, 1.82) is 0 Å². The number of pyridine rings is 1. The Bertz CT molecular complexity index is 456. The van der Waals surface area contributed by atoms with E-state index in [0.717, 1.165) is 11.0 Å². The van der Waals surface area contributed by atoms with Crippen molar-refractivity contribution in [2.45, 2.75) is 18.9 Å². The Hall–Kier alpha value is -1.58. The highest BCUT2D eigenvalue weighted by Crippen LogP contribution is 2.38. The van der Waals surface area contributed by atoms with Crippen LogP contribution in [0.4, 0.5) is 5.95 Å². The second-order valence-corrected chi connectivity index (χ2v) is 3.44. The molecule has 1 aliphatic carbocycles. The summed E-state index contributed by atoms with van der Waals surface area (Å²) in [5, 5.41) is 0. The van der Waals surface area contributed by atoms with Crippen LogP contribution in [0.3, 0.4) is 0 Å². The van der Waals surface area contributed by atoms with Crippen LogP contribution in [-0.2, 0) is 0 Å². The molecule has 0 radical (unpaired) electrons. The maximum Gasteiger partial charge on any atom is 0.201 e. The van der Waals surface area contributed by atoms with Gasteiger partial charge in [0.2, 0.25) is 5.95 Å². The van der Waals surface area contributed by atoms with E-state index in [1.54, 1.807) is 6.20 Å². The van der Waals surface area contributed by atoms with Crippen molar-refractivity contribution in [3.63, 3.8) is 0 Å². The van der Waals surface area contributed by atoms with E-state index in [1.165, 1.54) is 12.8 Å². The lowest BCUT2D eigenvalue weighted by Crippen LogP contribution is -2.00. The summed E-state index contributed by atoms with van der Waals surface area (Å²) in [7, 11) is 0. The smallest absolute Gasteiger partial charge is 0.201 e. The van der Waals surface area contributed by atoms with Crippen molar-refractivity contribution < 1.29 is 0 Å². The number of anilines is 1. The highest BCUT2D eigenvalue weighted by molar-refractivity contribution is 5.77. The van der Waals surface area contributed by atoms with Gasteiger partial charge in [0, 0.05) is 12.2 Å². The van der Waals surface area contributed by atoms with Gasteiger partial charge in [-0.25, -0.2) is 4.98 Å². The number of hydrogen-bond acceptors (Lipinski definition) is 3. The van der Waals surface area contributed by atoms with Crippen LogP contribution < -0.4 is 5.73 Å². The molecule has 2 N–H and O–H groups in total. The molecule has 0 saturated heterocycles. The molecule has 2 aromatic rings. The van der Waals surface area contributed by atoms with Crippen molar-refractivity contribution in [3.05, 3.63) is 18.5 Å². The van der Waals surface area contributed by atoms with Gasteiger partial charge in [-0.1, -0.05) is 0 Å². The van der Waals surface area contributed by atoms with Gasteiger partial charge in [-0.05, 0) is 18.9 Å². The van der Waals surface area contributed by atoms with Gasteiger partial charge in [0.05, 0.1) is 17.2 Å². The van der Waals surface area contributed by atoms with Crippen molar-refractivity contribution in [2.75, 3.05) is 5.73 Å². The van der Waals surface area contributed by atoms with Gasteiger partial charge in [-0.2, -0.15) is 0 Å². The zero-order valence-corrected chi connectivity index (χ0v) is 7.14. The zero-order chi connectivity index (χ0) is 8.84. The molecule has 1 fully saturated rings. The Morgan fingerprint density at radius 2 is 2.31 bits per heavy atom. The summed E-state index contributed by atoms with van der Waals surface area (Å²) >= 11 is 0. The van der Waals surface area contributed by atoms with E-state index >= 15 is 0 Å². The van der Waals surface area contributed by atoms with Gasteiger partial charge in [0.1, 0.15) is 0 Å². The van der Waals surface area contributed by atoms with Gasteiger partial charge in [-0.3, -0.25) is 4.98 Å². The summed E-state index contributed by atoms with van der Waals surface area (Å²) in [5.74, 6) is 0.616. The molecule has 4 heteroatoms. The maximum atomic E-state index is 5.82. The third kappa shape index (κ3) is 0.915. The third-order valence-corrected chi connectivity index (χ3v) is 2.43. The van der Waals surface area contributed by atoms with Crippen LogP contribution in [0.25, 0.3) is 11.0 Å². The molecule has 66 valence electrons. The van der Waals surface area contributed by atoms with Crippen LogP contribution in [0.1, 0.15) is 18.9 Å². The number of aromatic nitrogens is 3. The summed E-state index contributed by atoms with van der Waals surface area (Å²) < 4.78 is 2.09. The van der Waals surface area contributed by atoms with Gasteiger partial charge in [-0.15, -0.1) is 0 Å². The zero-order valence-electron chi connectivity index (χ0n) is 7.14. The second kappa shape index (κ2) is 2.22. The van der Waals surface area contributed by atoms with Crippen LogP contribution in [0.15, 0.2) is 18.5 Å². The Labute approximate surface area is 75.4 Å². The maximum absolute atomic E-state index is 5.82. The lowest BCUT2D eigenvalue weighted by molar-refractivity contribution is 0.778. The molecule has 0 aromatic carbocycles. The monoisotopic (exact) mass is 174 g/mol. The van der Waals surface area contributed by atoms with Crippen LogP contribution in [0.5, 0.6) is 0 Å². The fourth-order valence-corrected chi connectivity index (χ4v) is 1.68. The molecule has 3 rings (SSSR count). The number of nitrogens with two attached hydrogens (primary N) is 1. The largest absolute Gasteiger partial charge is 0.369 e. The van der Waals surface area contributed by atoms with E-state index in [4.69, 9.17) is 5.73 Å². The summed E-state index contributed by atoms with van der Waals surface area (Å²) in [6.07, 6.45) is 6.00. The van der Waals surface area contributed by atoms with E-state index in [0.29, 0.717) is 12.0 Å². The molecule has 2 heterocycles. The first kappa shape index (κ1) is 6.88. The SMILES string of the molecule is Nc1nc2ccncc2n1C1CC1. The molecule has 0 aliphatic heterocycles. The van der Waals surface area contributed by atoms with Crippen molar-refractivity contribution in [3.8, 4) is 0 Å².